The average molecular weight is 369 g/mol. The van der Waals surface area contributed by atoms with E-state index < -0.39 is 0 Å². The molecule has 26 heavy (non-hydrogen) atoms. The van der Waals surface area contributed by atoms with Crippen molar-refractivity contribution >= 4 is 23.4 Å². The molecule has 1 aliphatic rings. The van der Waals surface area contributed by atoms with Gasteiger partial charge in [0.2, 0.25) is 5.91 Å². The fourth-order valence-corrected chi connectivity index (χ4v) is 3.80. The first-order valence-electron chi connectivity index (χ1n) is 8.77. The zero-order chi connectivity index (χ0) is 18.4. The molecular weight excluding hydrogens is 349 g/mol. The molecule has 4 nitrogen and oxygen atoms in total. The molecule has 6 heteroatoms. The molecule has 1 N–H and O–H groups in total. The predicted molar refractivity (Wildman–Crippen MR) is 101 cm³/mol. The SMILES string of the molecule is N#Cc1cc2c(nc1SCC(=O)Nc1ccc(F)cc1)CCCCCC2. The largest absolute Gasteiger partial charge is 0.325 e. The third-order valence-electron chi connectivity index (χ3n) is 4.35. The minimum atomic E-state index is -0.346. The van der Waals surface area contributed by atoms with E-state index in [0.717, 1.165) is 31.4 Å². The van der Waals surface area contributed by atoms with Crippen molar-refractivity contribution in [2.45, 2.75) is 43.6 Å². The number of thioether (sulfide) groups is 1. The maximum atomic E-state index is 12.9. The van der Waals surface area contributed by atoms with E-state index in [1.165, 1.54) is 54.4 Å². The van der Waals surface area contributed by atoms with Gasteiger partial charge in [0.15, 0.2) is 0 Å². The summed E-state index contributed by atoms with van der Waals surface area (Å²) in [4.78, 5) is 16.8. The lowest BCUT2D eigenvalue weighted by atomic mass is 9.96. The third kappa shape index (κ3) is 4.83. The number of carbonyl (C=O) groups is 1. The number of benzene rings is 1. The number of hydrogen-bond donors (Lipinski definition) is 1. The van der Waals surface area contributed by atoms with E-state index in [0.29, 0.717) is 16.3 Å². The fraction of sp³-hybridized carbons (Fsp3) is 0.350. The predicted octanol–water partition coefficient (Wildman–Crippen LogP) is 4.48. The van der Waals surface area contributed by atoms with Crippen LogP contribution in [0.3, 0.4) is 0 Å². The molecule has 1 heterocycles. The van der Waals surface area contributed by atoms with Gasteiger partial charge in [-0.15, -0.1) is 0 Å². The molecule has 3 rings (SSSR count). The molecule has 2 aromatic rings. The number of aromatic nitrogens is 1. The van der Waals surface area contributed by atoms with E-state index in [1.807, 2.05) is 6.07 Å². The minimum absolute atomic E-state index is 0.151. The Hall–Kier alpha value is -2.39. The van der Waals surface area contributed by atoms with Crippen LogP contribution in [0.5, 0.6) is 0 Å². The highest BCUT2D eigenvalue weighted by molar-refractivity contribution is 8.00. The molecule has 0 radical (unpaired) electrons. The summed E-state index contributed by atoms with van der Waals surface area (Å²) in [6.45, 7) is 0. The van der Waals surface area contributed by atoms with Crippen molar-refractivity contribution in [1.82, 2.24) is 4.98 Å². The maximum absolute atomic E-state index is 12.9. The quantitative estimate of drug-likeness (QED) is 0.807. The Morgan fingerprint density at radius 1 is 1.19 bits per heavy atom. The van der Waals surface area contributed by atoms with Gasteiger partial charge < -0.3 is 5.32 Å². The van der Waals surface area contributed by atoms with Crippen LogP contribution in [0.2, 0.25) is 0 Å². The third-order valence-corrected chi connectivity index (χ3v) is 5.35. The van der Waals surface area contributed by atoms with Crippen LogP contribution >= 0.6 is 11.8 Å². The second-order valence-corrected chi connectivity index (χ2v) is 7.28. The Balaban J connectivity index is 1.68. The van der Waals surface area contributed by atoms with E-state index in [2.05, 4.69) is 16.4 Å². The van der Waals surface area contributed by atoms with Crippen LogP contribution in [-0.2, 0) is 17.6 Å². The van der Waals surface area contributed by atoms with Gasteiger partial charge >= 0.3 is 0 Å². The summed E-state index contributed by atoms with van der Waals surface area (Å²) in [6.07, 6.45) is 6.57. The number of pyridine rings is 1. The summed E-state index contributed by atoms with van der Waals surface area (Å²) >= 11 is 1.27. The highest BCUT2D eigenvalue weighted by Gasteiger charge is 2.15. The molecule has 134 valence electrons. The molecule has 0 saturated heterocycles. The first-order chi connectivity index (χ1) is 12.7. The van der Waals surface area contributed by atoms with Crippen LogP contribution in [-0.4, -0.2) is 16.6 Å². The molecule has 0 fully saturated rings. The molecule has 1 amide bonds. The minimum Gasteiger partial charge on any atom is -0.325 e. The number of hydrogen-bond acceptors (Lipinski definition) is 4. The summed E-state index contributed by atoms with van der Waals surface area (Å²) in [7, 11) is 0. The normalized spacial score (nSPS) is 13.8. The maximum Gasteiger partial charge on any atom is 0.234 e. The summed E-state index contributed by atoms with van der Waals surface area (Å²) in [6, 6.07) is 9.77. The van der Waals surface area contributed by atoms with Gasteiger partial charge in [-0.3, -0.25) is 4.79 Å². The average Bonchev–Trinajstić information content (AvgIpc) is 2.62. The Morgan fingerprint density at radius 2 is 1.92 bits per heavy atom. The Labute approximate surface area is 156 Å². The Kier molecular flexibility index (Phi) is 6.24. The van der Waals surface area contributed by atoms with Gasteiger partial charge in [0, 0.05) is 11.4 Å². The van der Waals surface area contributed by atoms with Crippen LogP contribution in [0.25, 0.3) is 0 Å². The van der Waals surface area contributed by atoms with E-state index in [1.54, 1.807) is 0 Å². The van der Waals surface area contributed by atoms with Crippen molar-refractivity contribution in [1.29, 1.82) is 5.26 Å². The first-order valence-corrected chi connectivity index (χ1v) is 9.75. The van der Waals surface area contributed by atoms with Crippen LogP contribution in [0, 0.1) is 17.1 Å². The number of anilines is 1. The summed E-state index contributed by atoms with van der Waals surface area (Å²) in [5.41, 5.74) is 3.30. The van der Waals surface area contributed by atoms with Crippen LogP contribution < -0.4 is 5.32 Å². The summed E-state index contributed by atoms with van der Waals surface area (Å²) < 4.78 is 12.9. The highest BCUT2D eigenvalue weighted by Crippen LogP contribution is 2.26. The molecule has 0 saturated carbocycles. The molecule has 0 atom stereocenters. The topological polar surface area (TPSA) is 65.8 Å². The molecule has 1 aliphatic carbocycles. The number of halogens is 1. The second-order valence-electron chi connectivity index (χ2n) is 6.32. The lowest BCUT2D eigenvalue weighted by Gasteiger charge is -2.15. The summed E-state index contributed by atoms with van der Waals surface area (Å²) in [5, 5.41) is 12.8. The van der Waals surface area contributed by atoms with E-state index in [9.17, 15) is 14.4 Å². The molecule has 0 spiro atoms. The zero-order valence-electron chi connectivity index (χ0n) is 14.4. The van der Waals surface area contributed by atoms with Crippen LogP contribution in [0.4, 0.5) is 10.1 Å². The molecule has 0 aliphatic heterocycles. The van der Waals surface area contributed by atoms with Crippen molar-refractivity contribution in [3.05, 3.63) is 53.0 Å². The highest BCUT2D eigenvalue weighted by atomic mass is 32.2. The van der Waals surface area contributed by atoms with Gasteiger partial charge in [-0.2, -0.15) is 5.26 Å². The van der Waals surface area contributed by atoms with Crippen LogP contribution in [0.1, 0.15) is 42.5 Å². The number of aryl methyl sites for hydroxylation is 2. The van der Waals surface area contributed by atoms with Crippen molar-refractivity contribution < 1.29 is 9.18 Å². The van der Waals surface area contributed by atoms with Gasteiger partial charge in [-0.1, -0.05) is 24.6 Å². The van der Waals surface area contributed by atoms with Crippen molar-refractivity contribution in [2.24, 2.45) is 0 Å². The molecule has 1 aromatic carbocycles. The number of carbonyl (C=O) groups excluding carboxylic acids is 1. The smallest absolute Gasteiger partial charge is 0.234 e. The van der Waals surface area contributed by atoms with Gasteiger partial charge in [0.25, 0.3) is 0 Å². The number of amides is 1. The van der Waals surface area contributed by atoms with E-state index in [4.69, 9.17) is 0 Å². The fourth-order valence-electron chi connectivity index (χ4n) is 3.02. The molecule has 0 unspecified atom stereocenters. The zero-order valence-corrected chi connectivity index (χ0v) is 15.2. The number of rotatable bonds is 4. The number of nitrogens with zero attached hydrogens (tertiary/aromatic N) is 2. The first kappa shape index (κ1) is 18.4. The standard InChI is InChI=1S/C20H20FN3OS/c21-16-7-9-17(10-8-16)23-19(25)13-26-20-15(12-22)11-14-5-3-1-2-4-6-18(14)24-20/h7-11H,1-6,13H2,(H,23,25). The van der Waals surface area contributed by atoms with Gasteiger partial charge in [0.05, 0.1) is 11.3 Å². The lowest BCUT2D eigenvalue weighted by Crippen LogP contribution is -2.14. The number of fused-ring (bicyclic) bond motifs is 1. The second kappa shape index (κ2) is 8.81. The van der Waals surface area contributed by atoms with Crippen molar-refractivity contribution in [3.8, 4) is 6.07 Å². The molecule has 0 bridgehead atoms. The number of nitrogens with one attached hydrogen (secondary N) is 1. The van der Waals surface area contributed by atoms with E-state index in [-0.39, 0.29) is 17.5 Å². The molecule has 1 aromatic heterocycles. The van der Waals surface area contributed by atoms with Gasteiger partial charge in [-0.05, 0) is 61.6 Å². The number of nitriles is 1. The Morgan fingerprint density at radius 3 is 2.65 bits per heavy atom. The van der Waals surface area contributed by atoms with Gasteiger partial charge in [0.1, 0.15) is 16.9 Å². The van der Waals surface area contributed by atoms with E-state index >= 15 is 0 Å². The Bertz CT molecular complexity index is 830. The van der Waals surface area contributed by atoms with Crippen molar-refractivity contribution in [2.75, 3.05) is 11.1 Å². The van der Waals surface area contributed by atoms with Gasteiger partial charge in [-0.25, -0.2) is 9.37 Å². The lowest BCUT2D eigenvalue weighted by molar-refractivity contribution is -0.113. The monoisotopic (exact) mass is 369 g/mol. The molecular formula is C20H20FN3OS. The van der Waals surface area contributed by atoms with Crippen molar-refractivity contribution in [3.63, 3.8) is 0 Å². The van der Waals surface area contributed by atoms with Crippen LogP contribution in [0.15, 0.2) is 35.4 Å². The summed E-state index contributed by atoms with van der Waals surface area (Å²) in [5.74, 6) is -0.405.